The Morgan fingerprint density at radius 1 is 1.25 bits per heavy atom. The van der Waals surface area contributed by atoms with Gasteiger partial charge in [-0.25, -0.2) is 18.7 Å². The molecule has 4 rings (SSSR count). The standard InChI is InChI=1S/C20H26F5N5O2/c21-19(22)5-3-15(31)30(10-19)8-12(26)7-16(32)29-6-4-13-14(9-29)27-18(11-1-2-11)28-17(13)20(23,24)25/h11-12,15,31H,1-10,26H2/t12-,15?/m0/s1. The van der Waals surface area contributed by atoms with Crippen LogP contribution in [-0.4, -0.2) is 68.6 Å². The van der Waals surface area contributed by atoms with Crippen LogP contribution in [0.3, 0.4) is 0 Å². The van der Waals surface area contributed by atoms with E-state index in [1.807, 2.05) is 0 Å². The first-order chi connectivity index (χ1) is 14.9. The van der Waals surface area contributed by atoms with Crippen molar-refractivity contribution in [3.63, 3.8) is 0 Å². The van der Waals surface area contributed by atoms with E-state index in [-0.39, 0.29) is 67.8 Å². The van der Waals surface area contributed by atoms with Crippen molar-refractivity contribution in [2.75, 3.05) is 19.6 Å². The quantitative estimate of drug-likeness (QED) is 0.649. The van der Waals surface area contributed by atoms with Gasteiger partial charge in [0.1, 0.15) is 12.1 Å². The number of aliphatic hydroxyl groups is 1. The molecule has 1 aromatic heterocycles. The molecule has 3 N–H and O–H groups in total. The normalized spacial score (nSPS) is 24.8. The Hall–Kier alpha value is -1.92. The van der Waals surface area contributed by atoms with Gasteiger partial charge >= 0.3 is 6.18 Å². The fourth-order valence-electron chi connectivity index (χ4n) is 4.33. The summed E-state index contributed by atoms with van der Waals surface area (Å²) in [6, 6.07) is -0.800. The van der Waals surface area contributed by atoms with Crippen LogP contribution in [0, 0.1) is 0 Å². The van der Waals surface area contributed by atoms with E-state index >= 15 is 0 Å². The highest BCUT2D eigenvalue weighted by atomic mass is 19.4. The molecule has 32 heavy (non-hydrogen) atoms. The summed E-state index contributed by atoms with van der Waals surface area (Å²) < 4.78 is 67.8. The Balaban J connectivity index is 1.42. The Kier molecular flexibility index (Phi) is 6.14. The molecule has 3 aliphatic rings. The van der Waals surface area contributed by atoms with Crippen LogP contribution in [0.15, 0.2) is 0 Å². The molecule has 1 aliphatic carbocycles. The maximum Gasteiger partial charge on any atom is 0.433 e. The minimum absolute atomic E-state index is 0.0207. The average Bonchev–Trinajstić information content (AvgIpc) is 3.54. The highest BCUT2D eigenvalue weighted by molar-refractivity contribution is 5.77. The van der Waals surface area contributed by atoms with Crippen LogP contribution in [0.5, 0.6) is 0 Å². The molecule has 1 amide bonds. The number of fused-ring (bicyclic) bond motifs is 1. The minimum Gasteiger partial charge on any atom is -0.378 e. The lowest BCUT2D eigenvalue weighted by Gasteiger charge is -2.38. The number of carbonyl (C=O) groups is 1. The molecule has 1 aromatic rings. The monoisotopic (exact) mass is 463 g/mol. The number of halogens is 5. The average molecular weight is 463 g/mol. The maximum atomic E-state index is 13.6. The second-order valence-corrected chi connectivity index (χ2v) is 8.96. The first-order valence-corrected chi connectivity index (χ1v) is 10.7. The number of carbonyl (C=O) groups excluding carboxylic acids is 1. The summed E-state index contributed by atoms with van der Waals surface area (Å²) in [5.74, 6) is -3.21. The van der Waals surface area contributed by atoms with Crippen LogP contribution in [0.1, 0.15) is 60.8 Å². The number of rotatable bonds is 5. The highest BCUT2D eigenvalue weighted by Gasteiger charge is 2.42. The van der Waals surface area contributed by atoms with Crippen molar-refractivity contribution in [1.82, 2.24) is 19.8 Å². The van der Waals surface area contributed by atoms with Crippen LogP contribution in [-0.2, 0) is 23.9 Å². The molecule has 2 fully saturated rings. The van der Waals surface area contributed by atoms with E-state index in [9.17, 15) is 31.9 Å². The van der Waals surface area contributed by atoms with Crippen molar-refractivity contribution >= 4 is 5.91 Å². The highest BCUT2D eigenvalue weighted by Crippen LogP contribution is 2.41. The van der Waals surface area contributed by atoms with Gasteiger partial charge in [-0.3, -0.25) is 9.69 Å². The number of likely N-dealkylation sites (tertiary alicyclic amines) is 1. The van der Waals surface area contributed by atoms with Gasteiger partial charge in [0, 0.05) is 43.5 Å². The van der Waals surface area contributed by atoms with E-state index in [2.05, 4.69) is 9.97 Å². The third-order valence-electron chi connectivity index (χ3n) is 6.18. The van der Waals surface area contributed by atoms with Crippen molar-refractivity contribution in [2.45, 2.75) is 75.4 Å². The number of aliphatic hydroxyl groups excluding tert-OH is 1. The Labute approximate surface area is 181 Å². The lowest BCUT2D eigenvalue weighted by atomic mass is 10.0. The molecule has 2 atom stereocenters. The molecule has 12 heteroatoms. The van der Waals surface area contributed by atoms with Crippen molar-refractivity contribution < 1.29 is 31.9 Å². The van der Waals surface area contributed by atoms with Crippen LogP contribution < -0.4 is 5.73 Å². The number of piperidine rings is 1. The predicted molar refractivity (Wildman–Crippen MR) is 102 cm³/mol. The Morgan fingerprint density at radius 2 is 1.97 bits per heavy atom. The molecule has 2 aliphatic heterocycles. The molecule has 1 saturated carbocycles. The first kappa shape index (κ1) is 23.2. The minimum atomic E-state index is -4.59. The summed E-state index contributed by atoms with van der Waals surface area (Å²) >= 11 is 0. The van der Waals surface area contributed by atoms with E-state index in [0.29, 0.717) is 0 Å². The number of hydrogen-bond donors (Lipinski definition) is 2. The molecular weight excluding hydrogens is 437 g/mol. The van der Waals surface area contributed by atoms with Gasteiger partial charge in [-0.1, -0.05) is 0 Å². The van der Waals surface area contributed by atoms with Gasteiger partial charge in [0.15, 0.2) is 5.69 Å². The van der Waals surface area contributed by atoms with Crippen molar-refractivity contribution in [3.05, 3.63) is 22.8 Å². The van der Waals surface area contributed by atoms with E-state index in [1.54, 1.807) is 0 Å². The van der Waals surface area contributed by atoms with Gasteiger partial charge in [-0.2, -0.15) is 13.2 Å². The third-order valence-corrected chi connectivity index (χ3v) is 6.18. The lowest BCUT2D eigenvalue weighted by molar-refractivity contribution is -0.142. The van der Waals surface area contributed by atoms with Crippen LogP contribution in [0.4, 0.5) is 22.0 Å². The number of aromatic nitrogens is 2. The molecule has 0 aromatic carbocycles. The number of alkyl halides is 5. The molecule has 7 nitrogen and oxygen atoms in total. The zero-order valence-corrected chi connectivity index (χ0v) is 17.4. The lowest BCUT2D eigenvalue weighted by Crippen LogP contribution is -2.53. The molecule has 3 heterocycles. The molecule has 1 unspecified atom stereocenters. The van der Waals surface area contributed by atoms with Gasteiger partial charge in [-0.15, -0.1) is 0 Å². The van der Waals surface area contributed by atoms with Gasteiger partial charge in [0.05, 0.1) is 18.8 Å². The summed E-state index contributed by atoms with van der Waals surface area (Å²) in [4.78, 5) is 23.4. The van der Waals surface area contributed by atoms with Gasteiger partial charge in [-0.05, 0) is 25.7 Å². The molecule has 0 bridgehead atoms. The van der Waals surface area contributed by atoms with Crippen LogP contribution >= 0.6 is 0 Å². The first-order valence-electron chi connectivity index (χ1n) is 10.7. The smallest absolute Gasteiger partial charge is 0.378 e. The molecule has 178 valence electrons. The van der Waals surface area contributed by atoms with Crippen LogP contribution in [0.25, 0.3) is 0 Å². The summed E-state index contributed by atoms with van der Waals surface area (Å²) in [7, 11) is 0. The van der Waals surface area contributed by atoms with Crippen molar-refractivity contribution in [3.8, 4) is 0 Å². The largest absolute Gasteiger partial charge is 0.433 e. The Morgan fingerprint density at radius 3 is 2.62 bits per heavy atom. The molecule has 0 spiro atoms. The van der Waals surface area contributed by atoms with Crippen molar-refractivity contribution in [2.24, 2.45) is 5.73 Å². The summed E-state index contributed by atoms with van der Waals surface area (Å²) in [6.07, 6.45) is -4.83. The van der Waals surface area contributed by atoms with Gasteiger partial charge < -0.3 is 15.7 Å². The van der Waals surface area contributed by atoms with E-state index in [1.165, 1.54) is 4.90 Å². The van der Waals surface area contributed by atoms with E-state index in [0.717, 1.165) is 17.7 Å². The fraction of sp³-hybridized carbons (Fsp3) is 0.750. The zero-order valence-electron chi connectivity index (χ0n) is 17.4. The number of amides is 1. The summed E-state index contributed by atoms with van der Waals surface area (Å²) in [6.45, 7) is -0.720. The van der Waals surface area contributed by atoms with Gasteiger partial charge in [0.25, 0.3) is 5.92 Å². The van der Waals surface area contributed by atoms with Crippen molar-refractivity contribution in [1.29, 1.82) is 0 Å². The second kappa shape index (κ2) is 8.45. The fourth-order valence-corrected chi connectivity index (χ4v) is 4.33. The molecule has 0 radical (unpaired) electrons. The number of nitrogens with zero attached hydrogens (tertiary/aromatic N) is 4. The summed E-state index contributed by atoms with van der Waals surface area (Å²) in [5, 5.41) is 9.95. The SMILES string of the molecule is N[C@@H](CC(=O)N1CCc2c(nc(C3CC3)nc2C(F)(F)F)C1)CN1CC(F)(F)CCC1O. The number of nitrogens with two attached hydrogens (primary N) is 1. The number of hydrogen-bond acceptors (Lipinski definition) is 6. The Bertz CT molecular complexity index is 877. The second-order valence-electron chi connectivity index (χ2n) is 8.96. The third kappa shape index (κ3) is 5.18. The van der Waals surface area contributed by atoms with E-state index < -0.39 is 43.0 Å². The van der Waals surface area contributed by atoms with E-state index in [4.69, 9.17) is 5.73 Å². The predicted octanol–water partition coefficient (Wildman–Crippen LogP) is 2.02. The van der Waals surface area contributed by atoms with Gasteiger partial charge in [0.2, 0.25) is 5.91 Å². The summed E-state index contributed by atoms with van der Waals surface area (Å²) in [5.41, 5.74) is 5.29. The molecule has 1 saturated heterocycles. The zero-order chi connectivity index (χ0) is 23.3. The topological polar surface area (TPSA) is 95.6 Å². The maximum absolute atomic E-state index is 13.6. The van der Waals surface area contributed by atoms with Crippen LogP contribution in [0.2, 0.25) is 0 Å². The molecular formula is C20H26F5N5O2.